The molecule has 1 aliphatic carbocycles. The number of rotatable bonds is 5. The van der Waals surface area contributed by atoms with Gasteiger partial charge in [0.2, 0.25) is 5.78 Å². The van der Waals surface area contributed by atoms with Gasteiger partial charge in [-0.05, 0) is 24.5 Å². The number of nitrogens with one attached hydrogen (secondary N) is 1. The van der Waals surface area contributed by atoms with Crippen LogP contribution in [0.3, 0.4) is 0 Å². The largest absolute Gasteiger partial charge is 0.507 e. The van der Waals surface area contributed by atoms with Crippen LogP contribution in [0.25, 0.3) is 0 Å². The van der Waals surface area contributed by atoms with Crippen LogP contribution in [0.4, 0.5) is 0 Å². The van der Waals surface area contributed by atoms with Gasteiger partial charge in [0.05, 0.1) is 18.4 Å². The Morgan fingerprint density at radius 3 is 2.61 bits per heavy atom. The highest BCUT2D eigenvalue weighted by atomic mass is 16.5. The van der Waals surface area contributed by atoms with Gasteiger partial charge in [0.25, 0.3) is 0 Å². The zero-order valence-electron chi connectivity index (χ0n) is 13.3. The van der Waals surface area contributed by atoms with E-state index in [1.54, 1.807) is 0 Å². The second kappa shape index (κ2) is 6.64. The molecule has 0 radical (unpaired) electrons. The third kappa shape index (κ3) is 3.41. The molecular weight excluding hydrogens is 298 g/mol. The molecule has 6 heteroatoms. The Hall–Kier alpha value is -2.63. The summed E-state index contributed by atoms with van der Waals surface area (Å²) in [6.07, 6.45) is 1.57. The van der Waals surface area contributed by atoms with Crippen LogP contribution in [-0.2, 0) is 9.53 Å². The van der Waals surface area contributed by atoms with E-state index in [2.05, 4.69) is 5.32 Å². The highest BCUT2D eigenvalue weighted by molar-refractivity contribution is 6.25. The highest BCUT2D eigenvalue weighted by Crippen LogP contribution is 2.28. The molecule has 122 valence electrons. The summed E-state index contributed by atoms with van der Waals surface area (Å²) in [5.41, 5.74) is 0.138. The van der Waals surface area contributed by atoms with Gasteiger partial charge >= 0.3 is 5.97 Å². The van der Waals surface area contributed by atoms with E-state index in [4.69, 9.17) is 4.74 Å². The van der Waals surface area contributed by atoms with Crippen LogP contribution in [0, 0.1) is 5.92 Å². The number of esters is 1. The van der Waals surface area contributed by atoms with Crippen LogP contribution in [-0.4, -0.2) is 35.8 Å². The van der Waals surface area contributed by atoms with Crippen LogP contribution in [0.1, 0.15) is 41.0 Å². The van der Waals surface area contributed by atoms with E-state index in [1.807, 2.05) is 13.8 Å². The summed E-state index contributed by atoms with van der Waals surface area (Å²) in [6, 6.07) is 3.60. The molecule has 0 heterocycles. The smallest absolute Gasteiger partial charge is 0.328 e. The van der Waals surface area contributed by atoms with E-state index in [0.29, 0.717) is 6.42 Å². The molecule has 0 fully saturated rings. The lowest BCUT2D eigenvalue weighted by molar-refractivity contribution is -0.143. The number of carbonyl (C=O) groups excluding carboxylic acids is 3. The van der Waals surface area contributed by atoms with Gasteiger partial charge < -0.3 is 15.2 Å². The number of phenolic OH excluding ortho intramolecular Hbond substituents is 1. The molecule has 0 amide bonds. The predicted molar refractivity (Wildman–Crippen MR) is 83.2 cm³/mol. The van der Waals surface area contributed by atoms with Gasteiger partial charge in [0.1, 0.15) is 11.8 Å². The number of fused-ring (bicyclic) bond motifs is 1. The van der Waals surface area contributed by atoms with Crippen molar-refractivity contribution in [1.29, 1.82) is 0 Å². The standard InChI is InChI=1S/C17H19NO5/c1-9(2)7-12(17(22)23-3)18-11-8-14(20)15-10(16(11)21)5-4-6-13(15)19/h4-6,8-9,12,18-19H,7H2,1-3H3/t12-/m1/s1. The fourth-order valence-electron chi connectivity index (χ4n) is 2.52. The first-order chi connectivity index (χ1) is 10.8. The normalized spacial score (nSPS) is 15.0. The first-order valence-electron chi connectivity index (χ1n) is 7.32. The molecular formula is C17H19NO5. The predicted octanol–water partition coefficient (Wildman–Crippen LogP) is 1.83. The molecule has 1 aromatic rings. The van der Waals surface area contributed by atoms with Gasteiger partial charge in [-0.15, -0.1) is 0 Å². The molecule has 0 aromatic heterocycles. The number of hydrogen-bond donors (Lipinski definition) is 2. The molecule has 2 rings (SSSR count). The number of carbonyl (C=O) groups is 3. The molecule has 0 bridgehead atoms. The van der Waals surface area contributed by atoms with Crippen molar-refractivity contribution in [1.82, 2.24) is 5.32 Å². The summed E-state index contributed by atoms with van der Waals surface area (Å²) in [6.45, 7) is 3.88. The maximum absolute atomic E-state index is 12.5. The van der Waals surface area contributed by atoms with E-state index in [0.717, 1.165) is 6.08 Å². The maximum atomic E-state index is 12.5. The van der Waals surface area contributed by atoms with E-state index >= 15 is 0 Å². The zero-order valence-corrected chi connectivity index (χ0v) is 13.3. The molecule has 23 heavy (non-hydrogen) atoms. The van der Waals surface area contributed by atoms with Gasteiger partial charge in [0, 0.05) is 11.6 Å². The summed E-state index contributed by atoms with van der Waals surface area (Å²) < 4.78 is 4.74. The quantitative estimate of drug-likeness (QED) is 0.805. The lowest BCUT2D eigenvalue weighted by Crippen LogP contribution is -2.41. The molecule has 0 unspecified atom stereocenters. The Kier molecular flexibility index (Phi) is 4.83. The van der Waals surface area contributed by atoms with Gasteiger partial charge in [-0.2, -0.15) is 0 Å². The number of ketones is 2. The number of methoxy groups -OCH3 is 1. The topological polar surface area (TPSA) is 92.7 Å². The third-order valence-corrected chi connectivity index (χ3v) is 3.58. The van der Waals surface area contributed by atoms with E-state index in [1.165, 1.54) is 25.3 Å². The second-order valence-electron chi connectivity index (χ2n) is 5.80. The Morgan fingerprint density at radius 2 is 2.00 bits per heavy atom. The summed E-state index contributed by atoms with van der Waals surface area (Å²) >= 11 is 0. The number of aromatic hydroxyl groups is 1. The van der Waals surface area contributed by atoms with Crippen molar-refractivity contribution in [3.05, 3.63) is 41.1 Å². The summed E-state index contributed by atoms with van der Waals surface area (Å²) in [5, 5.41) is 12.6. The fourth-order valence-corrected chi connectivity index (χ4v) is 2.52. The molecule has 0 aliphatic heterocycles. The Balaban J connectivity index is 2.32. The number of allylic oxidation sites excluding steroid dienone is 2. The number of ether oxygens (including phenoxy) is 1. The van der Waals surface area contributed by atoms with E-state index < -0.39 is 23.6 Å². The number of hydrogen-bond acceptors (Lipinski definition) is 6. The molecule has 0 spiro atoms. The Labute approximate surface area is 134 Å². The number of Topliss-reactive ketones (excluding diaryl/α,β-unsaturated/α-hetero) is 1. The fraction of sp³-hybridized carbons (Fsp3) is 0.353. The molecule has 0 saturated carbocycles. The average molecular weight is 317 g/mol. The van der Waals surface area contributed by atoms with Crippen molar-refractivity contribution >= 4 is 17.5 Å². The molecule has 2 N–H and O–H groups in total. The van der Waals surface area contributed by atoms with Crippen LogP contribution in [0.15, 0.2) is 30.0 Å². The molecule has 6 nitrogen and oxygen atoms in total. The zero-order chi connectivity index (χ0) is 17.1. The summed E-state index contributed by atoms with van der Waals surface area (Å²) in [4.78, 5) is 36.5. The number of benzene rings is 1. The van der Waals surface area contributed by atoms with Crippen molar-refractivity contribution in [2.75, 3.05) is 7.11 Å². The Morgan fingerprint density at radius 1 is 1.30 bits per heavy atom. The van der Waals surface area contributed by atoms with E-state index in [-0.39, 0.29) is 28.5 Å². The SMILES string of the molecule is COC(=O)[C@@H](CC(C)C)NC1=CC(=O)c2c(O)cccc2C1=O. The minimum atomic E-state index is -0.721. The first kappa shape index (κ1) is 16.7. The minimum Gasteiger partial charge on any atom is -0.507 e. The highest BCUT2D eigenvalue weighted by Gasteiger charge is 2.31. The first-order valence-corrected chi connectivity index (χ1v) is 7.32. The number of phenols is 1. The van der Waals surface area contributed by atoms with Crippen molar-refractivity contribution in [3.8, 4) is 5.75 Å². The van der Waals surface area contributed by atoms with Crippen LogP contribution >= 0.6 is 0 Å². The van der Waals surface area contributed by atoms with Crippen LogP contribution in [0.2, 0.25) is 0 Å². The van der Waals surface area contributed by atoms with Crippen molar-refractivity contribution in [2.45, 2.75) is 26.3 Å². The van der Waals surface area contributed by atoms with Gasteiger partial charge in [-0.1, -0.05) is 19.9 Å². The minimum absolute atomic E-state index is 0.0125. The molecule has 1 atom stereocenters. The van der Waals surface area contributed by atoms with Gasteiger partial charge in [-0.25, -0.2) is 4.79 Å². The van der Waals surface area contributed by atoms with Crippen molar-refractivity contribution in [2.24, 2.45) is 5.92 Å². The molecule has 1 aromatic carbocycles. The van der Waals surface area contributed by atoms with Crippen molar-refractivity contribution < 1.29 is 24.2 Å². The van der Waals surface area contributed by atoms with Gasteiger partial charge in [-0.3, -0.25) is 9.59 Å². The van der Waals surface area contributed by atoms with Crippen LogP contribution < -0.4 is 5.32 Å². The van der Waals surface area contributed by atoms with E-state index in [9.17, 15) is 19.5 Å². The average Bonchev–Trinajstić information content (AvgIpc) is 2.50. The summed E-state index contributed by atoms with van der Waals surface area (Å²) in [7, 11) is 1.27. The second-order valence-corrected chi connectivity index (χ2v) is 5.80. The van der Waals surface area contributed by atoms with Gasteiger partial charge in [0.15, 0.2) is 5.78 Å². The Bertz CT molecular complexity index is 690. The van der Waals surface area contributed by atoms with Crippen molar-refractivity contribution in [3.63, 3.8) is 0 Å². The van der Waals surface area contributed by atoms with Crippen LogP contribution in [0.5, 0.6) is 5.75 Å². The lowest BCUT2D eigenvalue weighted by atomic mass is 9.91. The molecule has 1 aliphatic rings. The monoisotopic (exact) mass is 317 g/mol. The third-order valence-electron chi connectivity index (χ3n) is 3.58. The molecule has 0 saturated heterocycles. The summed E-state index contributed by atoms with van der Waals surface area (Å²) in [5.74, 6) is -1.45. The maximum Gasteiger partial charge on any atom is 0.328 e. The lowest BCUT2D eigenvalue weighted by Gasteiger charge is -2.23.